The maximum atomic E-state index is 2.46. The van der Waals surface area contributed by atoms with Crippen molar-refractivity contribution in [2.75, 3.05) is 0 Å². The van der Waals surface area contributed by atoms with Crippen LogP contribution in [0.3, 0.4) is 0 Å². The molecule has 0 aliphatic carbocycles. The molecule has 2 rings (SSSR count). The molecular formula is C12H16S2. The third-order valence-electron chi connectivity index (χ3n) is 2.16. The standard InChI is InChI=1S/C12H16S2/c1-10(2)8-11-5-7-14(9-11)12-4-3-6-13-12/h3-7,9-10,14H,8H2,1-2H3. The van der Waals surface area contributed by atoms with Gasteiger partial charge in [-0.1, -0.05) is 26.0 Å². The van der Waals surface area contributed by atoms with E-state index in [2.05, 4.69) is 48.3 Å². The summed E-state index contributed by atoms with van der Waals surface area (Å²) in [5.74, 6) is 0.768. The van der Waals surface area contributed by atoms with Gasteiger partial charge in [0.05, 0.1) is 0 Å². The summed E-state index contributed by atoms with van der Waals surface area (Å²) in [6.45, 7) is 4.56. The van der Waals surface area contributed by atoms with Crippen LogP contribution in [0.15, 0.2) is 44.2 Å². The lowest BCUT2D eigenvalue weighted by molar-refractivity contribution is 0.651. The lowest BCUT2D eigenvalue weighted by Gasteiger charge is -2.06. The highest BCUT2D eigenvalue weighted by Crippen LogP contribution is 2.47. The van der Waals surface area contributed by atoms with Gasteiger partial charge < -0.3 is 0 Å². The normalized spacial score (nSPS) is 23.1. The highest BCUT2D eigenvalue weighted by Gasteiger charge is 2.09. The van der Waals surface area contributed by atoms with E-state index in [1.807, 2.05) is 11.3 Å². The second-order valence-corrected chi connectivity index (χ2v) is 7.08. The third kappa shape index (κ3) is 2.31. The number of thiol groups is 1. The van der Waals surface area contributed by atoms with Crippen molar-refractivity contribution in [3.63, 3.8) is 0 Å². The average molecular weight is 224 g/mol. The van der Waals surface area contributed by atoms with Gasteiger partial charge in [0.1, 0.15) is 0 Å². The predicted octanol–water partition coefficient (Wildman–Crippen LogP) is 4.57. The molecule has 0 saturated heterocycles. The van der Waals surface area contributed by atoms with Crippen molar-refractivity contribution >= 4 is 22.2 Å². The van der Waals surface area contributed by atoms with Gasteiger partial charge in [-0.3, -0.25) is 0 Å². The van der Waals surface area contributed by atoms with Crippen LogP contribution < -0.4 is 0 Å². The van der Waals surface area contributed by atoms with Crippen molar-refractivity contribution in [3.8, 4) is 0 Å². The van der Waals surface area contributed by atoms with Gasteiger partial charge in [0, 0.05) is 4.21 Å². The van der Waals surface area contributed by atoms with Gasteiger partial charge in [-0.15, -0.1) is 11.3 Å². The van der Waals surface area contributed by atoms with Crippen molar-refractivity contribution < 1.29 is 0 Å². The lowest BCUT2D eigenvalue weighted by Crippen LogP contribution is -1.86. The average Bonchev–Trinajstić information content (AvgIpc) is 2.69. The third-order valence-corrected chi connectivity index (χ3v) is 5.52. The van der Waals surface area contributed by atoms with Crippen LogP contribution in [0, 0.1) is 5.92 Å². The van der Waals surface area contributed by atoms with E-state index in [-0.39, 0.29) is 10.9 Å². The second-order valence-electron chi connectivity index (χ2n) is 3.98. The van der Waals surface area contributed by atoms with E-state index in [9.17, 15) is 0 Å². The largest absolute Gasteiger partial charge is 0.177 e. The number of allylic oxidation sites excluding steroid dienone is 2. The van der Waals surface area contributed by atoms with Crippen LogP contribution in [-0.2, 0) is 0 Å². The van der Waals surface area contributed by atoms with Crippen LogP contribution in [0.1, 0.15) is 20.3 Å². The number of hydrogen-bond donors (Lipinski definition) is 1. The molecule has 1 aliphatic rings. The molecule has 1 unspecified atom stereocenters. The minimum atomic E-state index is -0.0972. The van der Waals surface area contributed by atoms with Gasteiger partial charge in [-0.25, -0.2) is 0 Å². The number of thiophene rings is 1. The molecule has 14 heavy (non-hydrogen) atoms. The summed E-state index contributed by atoms with van der Waals surface area (Å²) in [5.41, 5.74) is 1.53. The molecule has 1 atom stereocenters. The molecule has 2 heteroatoms. The molecule has 0 saturated carbocycles. The van der Waals surface area contributed by atoms with E-state index in [0.29, 0.717) is 0 Å². The van der Waals surface area contributed by atoms with E-state index < -0.39 is 0 Å². The van der Waals surface area contributed by atoms with Gasteiger partial charge in [0.25, 0.3) is 0 Å². The zero-order chi connectivity index (χ0) is 9.97. The van der Waals surface area contributed by atoms with Crippen molar-refractivity contribution in [2.45, 2.75) is 24.5 Å². The monoisotopic (exact) mass is 224 g/mol. The van der Waals surface area contributed by atoms with Gasteiger partial charge in [-0.2, -0.15) is 10.9 Å². The smallest absolute Gasteiger partial charge is 0.0473 e. The molecule has 76 valence electrons. The van der Waals surface area contributed by atoms with Gasteiger partial charge in [-0.05, 0) is 40.2 Å². The summed E-state index contributed by atoms with van der Waals surface area (Å²) in [6, 6.07) is 4.39. The molecule has 0 spiro atoms. The highest BCUT2D eigenvalue weighted by molar-refractivity contribution is 8.23. The number of hydrogen-bond acceptors (Lipinski definition) is 1. The van der Waals surface area contributed by atoms with Crippen LogP contribution in [0.25, 0.3) is 0 Å². The van der Waals surface area contributed by atoms with Gasteiger partial charge in [0.2, 0.25) is 0 Å². The number of rotatable bonds is 3. The maximum Gasteiger partial charge on any atom is 0.0473 e. The van der Waals surface area contributed by atoms with Gasteiger partial charge in [0.15, 0.2) is 0 Å². The first-order valence-electron chi connectivity index (χ1n) is 4.96. The van der Waals surface area contributed by atoms with E-state index in [1.54, 1.807) is 0 Å². The molecule has 2 heterocycles. The molecule has 1 aromatic heterocycles. The first-order chi connectivity index (χ1) is 6.75. The Kier molecular flexibility index (Phi) is 3.14. The first kappa shape index (κ1) is 10.1. The summed E-state index contributed by atoms with van der Waals surface area (Å²) in [6.07, 6.45) is 3.53. The second kappa shape index (κ2) is 4.37. The molecule has 0 aromatic carbocycles. The van der Waals surface area contributed by atoms with Crippen molar-refractivity contribution in [1.82, 2.24) is 0 Å². The minimum Gasteiger partial charge on any atom is -0.177 e. The fraction of sp³-hybridized carbons (Fsp3) is 0.333. The van der Waals surface area contributed by atoms with Crippen LogP contribution >= 0.6 is 22.2 Å². The minimum absolute atomic E-state index is 0.0972. The van der Waals surface area contributed by atoms with Crippen LogP contribution in [0.5, 0.6) is 0 Å². The molecule has 1 aromatic rings. The van der Waals surface area contributed by atoms with E-state index in [4.69, 9.17) is 0 Å². The molecule has 0 N–H and O–H groups in total. The summed E-state index contributed by atoms with van der Waals surface area (Å²) in [5, 5.41) is 7.00. The van der Waals surface area contributed by atoms with E-state index in [0.717, 1.165) is 5.92 Å². The molecule has 0 radical (unpaired) electrons. The Balaban J connectivity index is 2.07. The summed E-state index contributed by atoms with van der Waals surface area (Å²) in [7, 11) is -0.0972. The molecule has 0 bridgehead atoms. The van der Waals surface area contributed by atoms with Crippen molar-refractivity contribution in [2.24, 2.45) is 5.92 Å². The quantitative estimate of drug-likeness (QED) is 0.715. The lowest BCUT2D eigenvalue weighted by atomic mass is 10.1. The highest BCUT2D eigenvalue weighted by atomic mass is 32.2. The van der Waals surface area contributed by atoms with Crippen molar-refractivity contribution in [1.29, 1.82) is 0 Å². The summed E-state index contributed by atoms with van der Waals surface area (Å²) >= 11 is 1.87. The Labute approximate surface area is 92.7 Å². The summed E-state index contributed by atoms with van der Waals surface area (Å²) in [4.78, 5) is 0. The Morgan fingerprint density at radius 3 is 2.93 bits per heavy atom. The molecule has 0 nitrogen and oxygen atoms in total. The summed E-state index contributed by atoms with van der Waals surface area (Å²) < 4.78 is 1.52. The fourth-order valence-corrected chi connectivity index (χ4v) is 4.57. The fourth-order valence-electron chi connectivity index (χ4n) is 1.59. The van der Waals surface area contributed by atoms with Crippen molar-refractivity contribution in [3.05, 3.63) is 40.0 Å². The Hall–Kier alpha value is -0.470. The Morgan fingerprint density at radius 2 is 2.29 bits per heavy atom. The maximum absolute atomic E-state index is 2.46. The Morgan fingerprint density at radius 1 is 1.43 bits per heavy atom. The van der Waals surface area contributed by atoms with Crippen LogP contribution in [0.4, 0.5) is 0 Å². The van der Waals surface area contributed by atoms with E-state index in [1.165, 1.54) is 16.2 Å². The van der Waals surface area contributed by atoms with Crippen LogP contribution in [0.2, 0.25) is 0 Å². The molecular weight excluding hydrogens is 208 g/mol. The van der Waals surface area contributed by atoms with Gasteiger partial charge >= 0.3 is 0 Å². The zero-order valence-electron chi connectivity index (χ0n) is 8.60. The first-order valence-corrected chi connectivity index (χ1v) is 7.32. The molecule has 0 fully saturated rings. The molecule has 1 aliphatic heterocycles. The van der Waals surface area contributed by atoms with Crippen LogP contribution in [-0.4, -0.2) is 0 Å². The SMILES string of the molecule is CC(C)CC1=C[SH](c2cccs2)C=C1. The predicted molar refractivity (Wildman–Crippen MR) is 68.2 cm³/mol. The zero-order valence-corrected chi connectivity index (χ0v) is 10.3. The molecule has 0 amide bonds. The Bertz CT molecular complexity index is 344. The van der Waals surface area contributed by atoms with E-state index >= 15 is 0 Å². The topological polar surface area (TPSA) is 0 Å².